The van der Waals surface area contributed by atoms with Crippen molar-refractivity contribution in [3.8, 4) is 0 Å². The average molecular weight is 293 g/mol. The van der Waals surface area contributed by atoms with E-state index in [2.05, 4.69) is 5.32 Å². The molecule has 0 unspecified atom stereocenters. The van der Waals surface area contributed by atoms with Gasteiger partial charge in [-0.15, -0.1) is 0 Å². The molecule has 1 rings (SSSR count). The molecule has 0 heterocycles. The first-order valence-corrected chi connectivity index (χ1v) is 6.53. The van der Waals surface area contributed by atoms with Crippen molar-refractivity contribution in [2.45, 2.75) is 39.0 Å². The van der Waals surface area contributed by atoms with Crippen LogP contribution in [0.4, 0.5) is 23.2 Å². The lowest BCUT2D eigenvalue weighted by atomic mass is 10.2. The average Bonchev–Trinajstić information content (AvgIpc) is 2.33. The Balaban J connectivity index is 2.38. The number of anilines is 1. The minimum Gasteiger partial charge on any atom is -0.383 e. The Morgan fingerprint density at radius 3 is 2.45 bits per heavy atom. The highest BCUT2D eigenvalue weighted by Gasteiger charge is 2.31. The van der Waals surface area contributed by atoms with Crippen LogP contribution >= 0.6 is 0 Å². The van der Waals surface area contributed by atoms with Crippen molar-refractivity contribution in [1.29, 1.82) is 0 Å². The van der Waals surface area contributed by atoms with Crippen LogP contribution in [0.5, 0.6) is 0 Å². The molecule has 1 N–H and O–H groups in total. The molecule has 0 atom stereocenters. The van der Waals surface area contributed by atoms with Gasteiger partial charge in [-0.2, -0.15) is 13.2 Å². The lowest BCUT2D eigenvalue weighted by Crippen LogP contribution is -2.09. The van der Waals surface area contributed by atoms with Gasteiger partial charge in [0, 0.05) is 13.2 Å². The molecule has 0 aliphatic carbocycles. The normalized spacial score (nSPS) is 11.9. The summed E-state index contributed by atoms with van der Waals surface area (Å²) < 4.78 is 55.9. The highest BCUT2D eigenvalue weighted by molar-refractivity contribution is 5.46. The van der Waals surface area contributed by atoms with E-state index in [0.717, 1.165) is 25.0 Å². The van der Waals surface area contributed by atoms with Crippen LogP contribution in [-0.2, 0) is 10.9 Å². The van der Waals surface area contributed by atoms with E-state index < -0.39 is 17.6 Å². The lowest BCUT2D eigenvalue weighted by Gasteiger charge is -2.11. The number of hydrogen-bond donors (Lipinski definition) is 1. The second-order valence-corrected chi connectivity index (χ2v) is 4.75. The summed E-state index contributed by atoms with van der Waals surface area (Å²) in [4.78, 5) is 0. The van der Waals surface area contributed by atoms with E-state index in [1.165, 1.54) is 0 Å². The summed E-state index contributed by atoms with van der Waals surface area (Å²) in [7, 11) is 0. The van der Waals surface area contributed by atoms with E-state index in [9.17, 15) is 17.6 Å². The van der Waals surface area contributed by atoms with Crippen molar-refractivity contribution in [3.05, 3.63) is 29.6 Å². The van der Waals surface area contributed by atoms with Gasteiger partial charge in [0.25, 0.3) is 0 Å². The van der Waals surface area contributed by atoms with Gasteiger partial charge in [0.15, 0.2) is 0 Å². The molecule has 0 aliphatic rings. The zero-order valence-corrected chi connectivity index (χ0v) is 11.6. The quantitative estimate of drug-likeness (QED) is 0.592. The molecular weight excluding hydrogens is 274 g/mol. The van der Waals surface area contributed by atoms with E-state index in [0.29, 0.717) is 19.2 Å². The molecule has 0 fully saturated rings. The van der Waals surface area contributed by atoms with E-state index in [4.69, 9.17) is 4.74 Å². The molecule has 6 heteroatoms. The third kappa shape index (κ3) is 5.77. The molecule has 0 amide bonds. The van der Waals surface area contributed by atoms with Crippen LogP contribution in [0, 0.1) is 5.82 Å². The van der Waals surface area contributed by atoms with Crippen LogP contribution in [-0.4, -0.2) is 19.3 Å². The number of nitrogens with one attached hydrogen (secondary N) is 1. The third-order valence-corrected chi connectivity index (χ3v) is 2.63. The number of halogens is 4. The monoisotopic (exact) mass is 293 g/mol. The van der Waals surface area contributed by atoms with Crippen molar-refractivity contribution in [1.82, 2.24) is 0 Å². The number of unbranched alkanes of at least 4 members (excludes halogenated alkanes) is 1. The second kappa shape index (κ2) is 7.47. The minimum absolute atomic E-state index is 0.0859. The number of benzene rings is 1. The molecule has 0 aliphatic heterocycles. The zero-order chi connectivity index (χ0) is 15.2. The van der Waals surface area contributed by atoms with Gasteiger partial charge in [-0.1, -0.05) is 0 Å². The third-order valence-electron chi connectivity index (χ3n) is 2.63. The number of rotatable bonds is 7. The van der Waals surface area contributed by atoms with E-state index in [-0.39, 0.29) is 11.8 Å². The summed E-state index contributed by atoms with van der Waals surface area (Å²) in [5.74, 6) is -0.891. The van der Waals surface area contributed by atoms with Gasteiger partial charge >= 0.3 is 6.18 Å². The number of ether oxygens (including phenoxy) is 1. The van der Waals surface area contributed by atoms with Gasteiger partial charge in [-0.05, 0) is 44.9 Å². The Bertz CT molecular complexity index is 418. The number of alkyl halides is 3. The fraction of sp³-hybridized carbons (Fsp3) is 0.571. The Labute approximate surface area is 116 Å². The first-order valence-electron chi connectivity index (χ1n) is 6.53. The predicted molar refractivity (Wildman–Crippen MR) is 70.2 cm³/mol. The van der Waals surface area contributed by atoms with Crippen LogP contribution in [0.2, 0.25) is 0 Å². The maximum Gasteiger partial charge on any atom is 0.416 e. The van der Waals surface area contributed by atoms with E-state index in [1.807, 2.05) is 13.8 Å². The van der Waals surface area contributed by atoms with E-state index in [1.54, 1.807) is 0 Å². The maximum absolute atomic E-state index is 13.5. The van der Waals surface area contributed by atoms with Gasteiger partial charge in [-0.3, -0.25) is 0 Å². The van der Waals surface area contributed by atoms with Gasteiger partial charge in [-0.25, -0.2) is 4.39 Å². The van der Waals surface area contributed by atoms with E-state index >= 15 is 0 Å². The summed E-state index contributed by atoms with van der Waals surface area (Å²) in [6.07, 6.45) is -2.77. The summed E-state index contributed by atoms with van der Waals surface area (Å²) in [6, 6.07) is 2.49. The van der Waals surface area contributed by atoms with Gasteiger partial charge in [0.2, 0.25) is 0 Å². The fourth-order valence-corrected chi connectivity index (χ4v) is 1.60. The standard InChI is InChI=1S/C14H19F4NO/c1-10(2)20-8-4-3-7-19-13-6-5-11(9-12(13)15)14(16,17)18/h5-6,9-10,19H,3-4,7-8H2,1-2H3. The smallest absolute Gasteiger partial charge is 0.383 e. The lowest BCUT2D eigenvalue weighted by molar-refractivity contribution is -0.137. The molecule has 1 aromatic carbocycles. The highest BCUT2D eigenvalue weighted by atomic mass is 19.4. The van der Waals surface area contributed by atoms with Crippen LogP contribution in [0.3, 0.4) is 0 Å². The molecule has 0 aromatic heterocycles. The highest BCUT2D eigenvalue weighted by Crippen LogP contribution is 2.31. The Morgan fingerprint density at radius 1 is 1.20 bits per heavy atom. The molecule has 0 saturated carbocycles. The topological polar surface area (TPSA) is 21.3 Å². The Kier molecular flexibility index (Phi) is 6.26. The predicted octanol–water partition coefficient (Wildman–Crippen LogP) is 4.46. The molecule has 20 heavy (non-hydrogen) atoms. The molecule has 2 nitrogen and oxygen atoms in total. The van der Waals surface area contributed by atoms with Crippen molar-refractivity contribution in [3.63, 3.8) is 0 Å². The van der Waals surface area contributed by atoms with Crippen molar-refractivity contribution in [2.75, 3.05) is 18.5 Å². The van der Waals surface area contributed by atoms with Gasteiger partial charge < -0.3 is 10.1 Å². The first kappa shape index (κ1) is 16.8. The zero-order valence-electron chi connectivity index (χ0n) is 11.6. The van der Waals surface area contributed by atoms with Crippen LogP contribution < -0.4 is 5.32 Å². The molecule has 1 aromatic rings. The summed E-state index contributed by atoms with van der Waals surface area (Å²) in [6.45, 7) is 4.99. The van der Waals surface area contributed by atoms with Gasteiger partial charge in [0.05, 0.1) is 17.4 Å². The fourth-order valence-electron chi connectivity index (χ4n) is 1.60. The van der Waals surface area contributed by atoms with Gasteiger partial charge in [0.1, 0.15) is 5.82 Å². The SMILES string of the molecule is CC(C)OCCCCNc1ccc(C(F)(F)F)cc1F. The van der Waals surface area contributed by atoms with Crippen LogP contribution in [0.25, 0.3) is 0 Å². The largest absolute Gasteiger partial charge is 0.416 e. The summed E-state index contributed by atoms with van der Waals surface area (Å²) in [5, 5.41) is 2.78. The van der Waals surface area contributed by atoms with Crippen molar-refractivity contribution >= 4 is 5.69 Å². The Hall–Kier alpha value is -1.30. The number of hydrogen-bond acceptors (Lipinski definition) is 2. The summed E-state index contributed by atoms with van der Waals surface area (Å²) in [5.41, 5.74) is -0.895. The Morgan fingerprint density at radius 2 is 1.90 bits per heavy atom. The van der Waals surface area contributed by atoms with Crippen LogP contribution in [0.1, 0.15) is 32.3 Å². The molecule has 0 spiro atoms. The first-order chi connectivity index (χ1) is 9.30. The molecular formula is C14H19F4NO. The van der Waals surface area contributed by atoms with Crippen molar-refractivity contribution in [2.24, 2.45) is 0 Å². The molecule has 0 bridgehead atoms. The molecule has 0 saturated heterocycles. The minimum atomic E-state index is -4.52. The molecule has 0 radical (unpaired) electrons. The maximum atomic E-state index is 13.5. The molecule has 114 valence electrons. The summed E-state index contributed by atoms with van der Waals surface area (Å²) >= 11 is 0. The van der Waals surface area contributed by atoms with Crippen molar-refractivity contribution < 1.29 is 22.3 Å². The van der Waals surface area contributed by atoms with Crippen LogP contribution in [0.15, 0.2) is 18.2 Å². The second-order valence-electron chi connectivity index (χ2n) is 4.75.